The van der Waals surface area contributed by atoms with E-state index in [-0.39, 0.29) is 17.0 Å². The van der Waals surface area contributed by atoms with Crippen molar-refractivity contribution in [3.8, 4) is 5.88 Å². The van der Waals surface area contributed by atoms with Gasteiger partial charge in [-0.15, -0.1) is 0 Å². The van der Waals surface area contributed by atoms with Gasteiger partial charge in [-0.2, -0.15) is 0 Å². The quantitative estimate of drug-likeness (QED) is 0.766. The lowest BCUT2D eigenvalue weighted by atomic mass is 9.86. The summed E-state index contributed by atoms with van der Waals surface area (Å²) in [5, 5.41) is 12.3. The van der Waals surface area contributed by atoms with Crippen molar-refractivity contribution in [2.75, 3.05) is 19.8 Å². The van der Waals surface area contributed by atoms with Crippen LogP contribution in [0.2, 0.25) is 5.02 Å². The van der Waals surface area contributed by atoms with Crippen LogP contribution in [0, 0.1) is 5.92 Å². The number of carbonyl (C=O) groups excluding carboxylic acids is 1. The third kappa shape index (κ3) is 4.83. The highest BCUT2D eigenvalue weighted by Crippen LogP contribution is 2.31. The van der Waals surface area contributed by atoms with Crippen molar-refractivity contribution in [1.29, 1.82) is 0 Å². The maximum atomic E-state index is 12.6. The molecular formula is C17H21ClN2O5. The number of aliphatic carboxylic acids is 1. The second-order valence-electron chi connectivity index (χ2n) is 6.68. The fourth-order valence-corrected chi connectivity index (χ4v) is 3.07. The van der Waals surface area contributed by atoms with Crippen molar-refractivity contribution in [3.63, 3.8) is 0 Å². The van der Waals surface area contributed by atoms with E-state index in [9.17, 15) is 9.59 Å². The highest BCUT2D eigenvalue weighted by atomic mass is 35.5. The first-order valence-corrected chi connectivity index (χ1v) is 8.76. The lowest BCUT2D eigenvalue weighted by molar-refractivity contribution is -0.139. The highest BCUT2D eigenvalue weighted by molar-refractivity contribution is 6.32. The van der Waals surface area contributed by atoms with Crippen LogP contribution in [0.25, 0.3) is 0 Å². The molecule has 0 unspecified atom stereocenters. The number of halogens is 1. The van der Waals surface area contributed by atoms with E-state index in [1.807, 2.05) is 0 Å². The van der Waals surface area contributed by atoms with Crippen LogP contribution in [-0.2, 0) is 9.53 Å². The number of amides is 1. The first-order valence-electron chi connectivity index (χ1n) is 8.38. The number of ether oxygens (including phenoxy) is 2. The Labute approximate surface area is 150 Å². The van der Waals surface area contributed by atoms with Gasteiger partial charge >= 0.3 is 5.97 Å². The van der Waals surface area contributed by atoms with E-state index in [2.05, 4.69) is 10.3 Å². The summed E-state index contributed by atoms with van der Waals surface area (Å²) in [6.45, 7) is 1.42. The summed E-state index contributed by atoms with van der Waals surface area (Å²) < 4.78 is 10.8. The molecule has 136 valence electrons. The Morgan fingerprint density at radius 1 is 1.40 bits per heavy atom. The van der Waals surface area contributed by atoms with Crippen LogP contribution in [0.1, 0.15) is 42.5 Å². The van der Waals surface area contributed by atoms with Gasteiger partial charge in [0.1, 0.15) is 5.02 Å². The molecule has 0 atom stereocenters. The molecule has 2 aliphatic rings. The van der Waals surface area contributed by atoms with Crippen LogP contribution in [0.5, 0.6) is 5.88 Å². The fraction of sp³-hybridized carbons (Fsp3) is 0.588. The predicted octanol–water partition coefficient (Wildman–Crippen LogP) is 2.28. The monoisotopic (exact) mass is 368 g/mol. The van der Waals surface area contributed by atoms with Gasteiger partial charge in [0.25, 0.3) is 5.91 Å². The first-order chi connectivity index (χ1) is 12.0. The Kier molecular flexibility index (Phi) is 5.44. The normalized spacial score (nSPS) is 19.2. The van der Waals surface area contributed by atoms with Crippen molar-refractivity contribution >= 4 is 23.5 Å². The molecular weight excluding hydrogens is 348 g/mol. The minimum atomic E-state index is -0.956. The van der Waals surface area contributed by atoms with Gasteiger partial charge in [0.2, 0.25) is 5.88 Å². The minimum absolute atomic E-state index is 0.147. The molecule has 2 heterocycles. The zero-order chi connectivity index (χ0) is 17.9. The number of aromatic nitrogens is 1. The summed E-state index contributed by atoms with van der Waals surface area (Å²) in [5.41, 5.74) is -0.533. The van der Waals surface area contributed by atoms with Gasteiger partial charge in [-0.25, -0.2) is 4.98 Å². The topological polar surface area (TPSA) is 97.8 Å². The SMILES string of the molecule is O=C(O)CC1(NC(=O)c2cnc(OCC3CC3)c(Cl)c2)CCOCC1. The standard InChI is InChI=1S/C17H21ClN2O5/c18-13-7-12(9-19-16(13)25-10-11-1-2-11)15(23)20-17(8-14(21)22)3-5-24-6-4-17/h7,9,11H,1-6,8,10H2,(H,20,23)(H,21,22). The Hall–Kier alpha value is -1.86. The van der Waals surface area contributed by atoms with E-state index in [0.29, 0.717) is 44.5 Å². The Balaban J connectivity index is 1.68. The number of carboxylic acids is 1. The van der Waals surface area contributed by atoms with Crippen molar-refractivity contribution in [2.45, 2.75) is 37.6 Å². The highest BCUT2D eigenvalue weighted by Gasteiger charge is 2.36. The lowest BCUT2D eigenvalue weighted by Gasteiger charge is -2.36. The van der Waals surface area contributed by atoms with Gasteiger partial charge < -0.3 is 19.9 Å². The molecule has 2 fully saturated rings. The zero-order valence-corrected chi connectivity index (χ0v) is 14.6. The number of carbonyl (C=O) groups is 2. The van der Waals surface area contributed by atoms with E-state index < -0.39 is 17.4 Å². The fourth-order valence-electron chi connectivity index (χ4n) is 2.85. The minimum Gasteiger partial charge on any atom is -0.481 e. The summed E-state index contributed by atoms with van der Waals surface area (Å²) in [6, 6.07) is 1.50. The smallest absolute Gasteiger partial charge is 0.305 e. The molecule has 0 radical (unpaired) electrons. The predicted molar refractivity (Wildman–Crippen MR) is 90.0 cm³/mol. The van der Waals surface area contributed by atoms with Crippen LogP contribution >= 0.6 is 11.6 Å². The molecule has 3 rings (SSSR count). The van der Waals surface area contributed by atoms with Crippen molar-refractivity contribution < 1.29 is 24.2 Å². The van der Waals surface area contributed by atoms with Crippen LogP contribution in [0.15, 0.2) is 12.3 Å². The van der Waals surface area contributed by atoms with Crippen molar-refractivity contribution in [2.24, 2.45) is 5.92 Å². The molecule has 0 spiro atoms. The summed E-state index contributed by atoms with van der Waals surface area (Å²) in [4.78, 5) is 27.9. The van der Waals surface area contributed by atoms with Crippen molar-refractivity contribution in [1.82, 2.24) is 10.3 Å². The maximum absolute atomic E-state index is 12.6. The molecule has 8 heteroatoms. The summed E-state index contributed by atoms with van der Waals surface area (Å²) in [7, 11) is 0. The average molecular weight is 369 g/mol. The Morgan fingerprint density at radius 2 is 2.12 bits per heavy atom. The zero-order valence-electron chi connectivity index (χ0n) is 13.8. The molecule has 1 saturated heterocycles. The van der Waals surface area contributed by atoms with Gasteiger partial charge in [-0.3, -0.25) is 9.59 Å². The molecule has 0 bridgehead atoms. The lowest BCUT2D eigenvalue weighted by Crippen LogP contribution is -2.53. The number of hydrogen-bond acceptors (Lipinski definition) is 5. The van der Waals surface area contributed by atoms with E-state index in [1.54, 1.807) is 0 Å². The summed E-state index contributed by atoms with van der Waals surface area (Å²) >= 11 is 6.16. The van der Waals surface area contributed by atoms with E-state index in [1.165, 1.54) is 12.3 Å². The molecule has 7 nitrogen and oxygen atoms in total. The molecule has 1 aliphatic heterocycles. The molecule has 1 aromatic rings. The van der Waals surface area contributed by atoms with Gasteiger partial charge in [-0.05, 0) is 37.7 Å². The van der Waals surface area contributed by atoms with E-state index in [4.69, 9.17) is 26.2 Å². The van der Waals surface area contributed by atoms with Gasteiger partial charge in [0.15, 0.2) is 0 Å². The maximum Gasteiger partial charge on any atom is 0.305 e. The van der Waals surface area contributed by atoms with Crippen molar-refractivity contribution in [3.05, 3.63) is 22.8 Å². The molecule has 1 saturated carbocycles. The summed E-state index contributed by atoms with van der Waals surface area (Å²) in [6.07, 6.45) is 4.48. The number of pyridine rings is 1. The van der Waals surface area contributed by atoms with Crippen LogP contribution in [0.4, 0.5) is 0 Å². The molecule has 1 aliphatic carbocycles. The third-order valence-electron chi connectivity index (χ3n) is 4.54. The molecule has 1 amide bonds. The van der Waals surface area contributed by atoms with Crippen LogP contribution < -0.4 is 10.1 Å². The number of nitrogens with zero attached hydrogens (tertiary/aromatic N) is 1. The second kappa shape index (κ2) is 7.58. The van der Waals surface area contributed by atoms with Crippen LogP contribution in [-0.4, -0.2) is 47.3 Å². The van der Waals surface area contributed by atoms with E-state index in [0.717, 1.165) is 12.8 Å². The first kappa shape index (κ1) is 17.9. The number of carboxylic acid groups (broad SMARTS) is 1. The number of nitrogens with one attached hydrogen (secondary N) is 1. The van der Waals surface area contributed by atoms with Gasteiger partial charge in [0.05, 0.1) is 24.1 Å². The Bertz CT molecular complexity index is 656. The average Bonchev–Trinajstić information content (AvgIpc) is 3.38. The van der Waals surface area contributed by atoms with Gasteiger partial charge in [0, 0.05) is 19.4 Å². The van der Waals surface area contributed by atoms with Gasteiger partial charge in [-0.1, -0.05) is 11.6 Å². The molecule has 25 heavy (non-hydrogen) atoms. The van der Waals surface area contributed by atoms with Crippen LogP contribution in [0.3, 0.4) is 0 Å². The summed E-state index contributed by atoms with van der Waals surface area (Å²) in [5.74, 6) is -0.463. The number of hydrogen-bond donors (Lipinski definition) is 2. The largest absolute Gasteiger partial charge is 0.481 e. The van der Waals surface area contributed by atoms with E-state index >= 15 is 0 Å². The second-order valence-corrected chi connectivity index (χ2v) is 7.09. The number of rotatable bonds is 7. The molecule has 1 aromatic heterocycles. The molecule has 0 aromatic carbocycles. The third-order valence-corrected chi connectivity index (χ3v) is 4.81. The molecule has 2 N–H and O–H groups in total. The Morgan fingerprint density at radius 3 is 2.72 bits per heavy atom.